The number of nitrogens with one attached hydrogen (secondary N) is 1. The third kappa shape index (κ3) is 6.58. The molecule has 78 valence electrons. The Morgan fingerprint density at radius 1 is 1.46 bits per heavy atom. The minimum atomic E-state index is -0.0169. The lowest BCUT2D eigenvalue weighted by Crippen LogP contribution is -2.25. The highest BCUT2D eigenvalue weighted by molar-refractivity contribution is 5.75. The third-order valence-corrected chi connectivity index (χ3v) is 2.10. The van der Waals surface area contributed by atoms with E-state index in [4.69, 9.17) is 5.11 Å². The highest BCUT2D eigenvalue weighted by Crippen LogP contribution is 2.20. The molecule has 2 N–H and O–H groups in total. The molecule has 3 nitrogen and oxygen atoms in total. The number of aliphatic hydroxyl groups excluding tert-OH is 1. The van der Waals surface area contributed by atoms with Crippen molar-refractivity contribution in [1.29, 1.82) is 0 Å². The van der Waals surface area contributed by atoms with Crippen molar-refractivity contribution >= 4 is 5.91 Å². The molecule has 0 heterocycles. The van der Waals surface area contributed by atoms with Crippen molar-refractivity contribution in [2.75, 3.05) is 13.2 Å². The molecule has 0 saturated heterocycles. The maximum absolute atomic E-state index is 10.8. The molecular formula is C10H21NO2. The SMILES string of the molecule is CCC(=O)NCCCC(C)(C)CO. The minimum Gasteiger partial charge on any atom is -0.396 e. The summed E-state index contributed by atoms with van der Waals surface area (Å²) in [6, 6.07) is 0. The van der Waals surface area contributed by atoms with E-state index >= 15 is 0 Å². The Kier molecular flexibility index (Phi) is 5.71. The van der Waals surface area contributed by atoms with Crippen LogP contribution in [-0.4, -0.2) is 24.2 Å². The van der Waals surface area contributed by atoms with Crippen LogP contribution in [-0.2, 0) is 4.79 Å². The van der Waals surface area contributed by atoms with Crippen molar-refractivity contribution in [3.8, 4) is 0 Å². The Balaban J connectivity index is 3.41. The molecule has 0 fully saturated rings. The predicted molar refractivity (Wildman–Crippen MR) is 53.4 cm³/mol. The van der Waals surface area contributed by atoms with Crippen LogP contribution in [0.2, 0.25) is 0 Å². The zero-order valence-corrected chi connectivity index (χ0v) is 8.89. The number of carbonyl (C=O) groups excluding carboxylic acids is 1. The zero-order valence-electron chi connectivity index (χ0n) is 8.89. The highest BCUT2D eigenvalue weighted by atomic mass is 16.3. The summed E-state index contributed by atoms with van der Waals surface area (Å²) in [7, 11) is 0. The van der Waals surface area contributed by atoms with Gasteiger partial charge in [-0.25, -0.2) is 0 Å². The quantitative estimate of drug-likeness (QED) is 0.616. The van der Waals surface area contributed by atoms with Crippen LogP contribution in [0.5, 0.6) is 0 Å². The summed E-state index contributed by atoms with van der Waals surface area (Å²) in [5, 5.41) is 11.8. The molecule has 0 aromatic heterocycles. The Labute approximate surface area is 80.5 Å². The zero-order chi connectivity index (χ0) is 10.3. The second-order valence-electron chi connectivity index (χ2n) is 4.13. The largest absolute Gasteiger partial charge is 0.396 e. The fraction of sp³-hybridized carbons (Fsp3) is 0.900. The van der Waals surface area contributed by atoms with Gasteiger partial charge >= 0.3 is 0 Å². The van der Waals surface area contributed by atoms with E-state index in [1.165, 1.54) is 0 Å². The number of amides is 1. The molecule has 0 atom stereocenters. The van der Waals surface area contributed by atoms with E-state index in [2.05, 4.69) is 5.32 Å². The van der Waals surface area contributed by atoms with E-state index in [1.54, 1.807) is 0 Å². The fourth-order valence-electron chi connectivity index (χ4n) is 0.999. The molecule has 0 spiro atoms. The highest BCUT2D eigenvalue weighted by Gasteiger charge is 2.15. The molecule has 13 heavy (non-hydrogen) atoms. The van der Waals surface area contributed by atoms with Crippen molar-refractivity contribution in [2.24, 2.45) is 5.41 Å². The van der Waals surface area contributed by atoms with Gasteiger partial charge in [-0.05, 0) is 18.3 Å². The predicted octanol–water partition coefficient (Wildman–Crippen LogP) is 1.31. The molecule has 3 heteroatoms. The van der Waals surface area contributed by atoms with Gasteiger partial charge in [-0.2, -0.15) is 0 Å². The maximum Gasteiger partial charge on any atom is 0.219 e. The summed E-state index contributed by atoms with van der Waals surface area (Å²) < 4.78 is 0. The first kappa shape index (κ1) is 12.4. The first-order chi connectivity index (χ1) is 6.02. The van der Waals surface area contributed by atoms with Crippen LogP contribution in [0.25, 0.3) is 0 Å². The van der Waals surface area contributed by atoms with Gasteiger partial charge in [-0.15, -0.1) is 0 Å². The van der Waals surface area contributed by atoms with E-state index in [-0.39, 0.29) is 17.9 Å². The summed E-state index contributed by atoms with van der Waals surface area (Å²) in [6.45, 7) is 6.81. The van der Waals surface area contributed by atoms with Crippen LogP contribution in [0.15, 0.2) is 0 Å². The number of rotatable bonds is 6. The lowest BCUT2D eigenvalue weighted by molar-refractivity contribution is -0.120. The standard InChI is InChI=1S/C10H21NO2/c1-4-9(13)11-7-5-6-10(2,3)8-12/h12H,4-8H2,1-3H3,(H,11,13). The molecule has 0 bridgehead atoms. The van der Waals surface area contributed by atoms with Crippen molar-refractivity contribution in [1.82, 2.24) is 5.32 Å². The molecule has 1 amide bonds. The molecule has 0 rings (SSSR count). The smallest absolute Gasteiger partial charge is 0.219 e. The molecular weight excluding hydrogens is 166 g/mol. The van der Waals surface area contributed by atoms with Crippen molar-refractivity contribution in [2.45, 2.75) is 40.0 Å². The average Bonchev–Trinajstić information content (AvgIpc) is 2.12. The normalized spacial score (nSPS) is 11.4. The molecule has 0 radical (unpaired) electrons. The fourth-order valence-corrected chi connectivity index (χ4v) is 0.999. The second-order valence-corrected chi connectivity index (χ2v) is 4.13. The monoisotopic (exact) mass is 187 g/mol. The number of aliphatic hydroxyl groups is 1. The van der Waals surface area contributed by atoms with Gasteiger partial charge in [0.25, 0.3) is 0 Å². The molecule has 0 aliphatic heterocycles. The molecule has 0 saturated carbocycles. The molecule has 0 aromatic carbocycles. The number of hydrogen-bond donors (Lipinski definition) is 2. The Morgan fingerprint density at radius 3 is 2.54 bits per heavy atom. The Morgan fingerprint density at radius 2 is 2.08 bits per heavy atom. The second kappa shape index (κ2) is 5.97. The van der Waals surface area contributed by atoms with Crippen LogP contribution >= 0.6 is 0 Å². The lowest BCUT2D eigenvalue weighted by Gasteiger charge is -2.21. The summed E-state index contributed by atoms with van der Waals surface area (Å²) in [4.78, 5) is 10.8. The van der Waals surface area contributed by atoms with E-state index in [0.29, 0.717) is 6.42 Å². The van der Waals surface area contributed by atoms with Crippen LogP contribution in [0, 0.1) is 5.41 Å². The van der Waals surface area contributed by atoms with Crippen LogP contribution in [0.4, 0.5) is 0 Å². The topological polar surface area (TPSA) is 49.3 Å². The lowest BCUT2D eigenvalue weighted by atomic mass is 9.89. The Bertz CT molecular complexity index is 155. The van der Waals surface area contributed by atoms with Crippen LogP contribution in [0.3, 0.4) is 0 Å². The van der Waals surface area contributed by atoms with Crippen molar-refractivity contribution < 1.29 is 9.90 Å². The van der Waals surface area contributed by atoms with E-state index < -0.39 is 0 Å². The van der Waals surface area contributed by atoms with Gasteiger partial charge in [0.15, 0.2) is 0 Å². The van der Waals surface area contributed by atoms with E-state index in [1.807, 2.05) is 20.8 Å². The van der Waals surface area contributed by atoms with Gasteiger partial charge in [0, 0.05) is 19.6 Å². The molecule has 0 aliphatic rings. The van der Waals surface area contributed by atoms with E-state index in [0.717, 1.165) is 19.4 Å². The summed E-state index contributed by atoms with van der Waals surface area (Å²) in [5.74, 6) is 0.0989. The van der Waals surface area contributed by atoms with Crippen LogP contribution in [0.1, 0.15) is 40.0 Å². The van der Waals surface area contributed by atoms with Gasteiger partial charge in [0.2, 0.25) is 5.91 Å². The summed E-state index contributed by atoms with van der Waals surface area (Å²) in [6.07, 6.45) is 2.41. The Hall–Kier alpha value is -0.570. The van der Waals surface area contributed by atoms with Gasteiger partial charge < -0.3 is 10.4 Å². The number of hydrogen-bond acceptors (Lipinski definition) is 2. The van der Waals surface area contributed by atoms with Gasteiger partial charge in [-0.1, -0.05) is 20.8 Å². The molecule has 0 unspecified atom stereocenters. The first-order valence-corrected chi connectivity index (χ1v) is 4.89. The van der Waals surface area contributed by atoms with Gasteiger partial charge in [-0.3, -0.25) is 4.79 Å². The average molecular weight is 187 g/mol. The third-order valence-electron chi connectivity index (χ3n) is 2.10. The van der Waals surface area contributed by atoms with Gasteiger partial charge in [0.1, 0.15) is 0 Å². The first-order valence-electron chi connectivity index (χ1n) is 4.89. The van der Waals surface area contributed by atoms with Crippen molar-refractivity contribution in [3.05, 3.63) is 0 Å². The van der Waals surface area contributed by atoms with Crippen molar-refractivity contribution in [3.63, 3.8) is 0 Å². The molecule has 0 aromatic rings. The van der Waals surface area contributed by atoms with Crippen LogP contribution < -0.4 is 5.32 Å². The summed E-state index contributed by atoms with van der Waals surface area (Å²) in [5.41, 5.74) is -0.0169. The minimum absolute atomic E-state index is 0.0169. The molecule has 0 aliphatic carbocycles. The maximum atomic E-state index is 10.8. The summed E-state index contributed by atoms with van der Waals surface area (Å²) >= 11 is 0. The number of carbonyl (C=O) groups is 1. The van der Waals surface area contributed by atoms with E-state index in [9.17, 15) is 4.79 Å². The van der Waals surface area contributed by atoms with Gasteiger partial charge in [0.05, 0.1) is 0 Å².